The molecule has 1 aromatic carbocycles. The van der Waals surface area contributed by atoms with Gasteiger partial charge in [-0.05, 0) is 36.9 Å². The largest absolute Gasteiger partial charge is 0.497 e. The van der Waals surface area contributed by atoms with Crippen molar-refractivity contribution in [1.82, 2.24) is 9.38 Å². The summed E-state index contributed by atoms with van der Waals surface area (Å²) in [6.45, 7) is 0.434. The van der Waals surface area contributed by atoms with Gasteiger partial charge in [-0.1, -0.05) is 0 Å². The topological polar surface area (TPSA) is 61.8 Å². The zero-order valence-electron chi connectivity index (χ0n) is 13.0. The van der Waals surface area contributed by atoms with Gasteiger partial charge in [-0.2, -0.15) is 0 Å². The number of imidazole rings is 1. The van der Waals surface area contributed by atoms with Gasteiger partial charge in [-0.3, -0.25) is 0 Å². The highest BCUT2D eigenvalue weighted by molar-refractivity contribution is 5.73. The molecule has 5 nitrogen and oxygen atoms in total. The Morgan fingerprint density at radius 3 is 2.70 bits per heavy atom. The van der Waals surface area contributed by atoms with Crippen LogP contribution in [0.1, 0.15) is 5.69 Å². The second-order valence-electron chi connectivity index (χ2n) is 5.09. The standard InChI is InChI=1S/C17H18FN3O2/c1-22-12-4-5-15(23-2)13(9-12)17-14(7-8-19)21-10-11(18)3-6-16(21)20-17/h3-6,9-10H,7-8,19H2,1-2H3. The number of aromatic nitrogens is 2. The minimum Gasteiger partial charge on any atom is -0.497 e. The van der Waals surface area contributed by atoms with Crippen LogP contribution in [0.3, 0.4) is 0 Å². The zero-order valence-corrected chi connectivity index (χ0v) is 13.0. The Morgan fingerprint density at radius 1 is 1.17 bits per heavy atom. The number of nitrogens with zero attached hydrogens (tertiary/aromatic N) is 2. The van der Waals surface area contributed by atoms with Gasteiger partial charge in [0.25, 0.3) is 0 Å². The summed E-state index contributed by atoms with van der Waals surface area (Å²) in [5.74, 6) is 1.05. The number of hydrogen-bond acceptors (Lipinski definition) is 4. The van der Waals surface area contributed by atoms with Crippen LogP contribution in [-0.4, -0.2) is 30.1 Å². The first kappa shape index (κ1) is 15.3. The lowest BCUT2D eigenvalue weighted by atomic mass is 10.1. The molecular weight excluding hydrogens is 297 g/mol. The van der Waals surface area contributed by atoms with E-state index < -0.39 is 0 Å². The third-order valence-electron chi connectivity index (χ3n) is 3.72. The molecule has 2 N–H and O–H groups in total. The van der Waals surface area contributed by atoms with E-state index in [-0.39, 0.29) is 5.82 Å². The quantitative estimate of drug-likeness (QED) is 0.786. The van der Waals surface area contributed by atoms with Crippen molar-refractivity contribution in [3.63, 3.8) is 0 Å². The Morgan fingerprint density at radius 2 is 2.00 bits per heavy atom. The lowest BCUT2D eigenvalue weighted by Gasteiger charge is -2.10. The number of pyridine rings is 1. The second kappa shape index (κ2) is 6.26. The normalized spacial score (nSPS) is 11.0. The van der Waals surface area contributed by atoms with Crippen LogP contribution in [0.4, 0.5) is 4.39 Å². The highest BCUT2D eigenvalue weighted by atomic mass is 19.1. The van der Waals surface area contributed by atoms with E-state index in [1.807, 2.05) is 18.2 Å². The number of rotatable bonds is 5. The third kappa shape index (κ3) is 2.73. The lowest BCUT2D eigenvalue weighted by molar-refractivity contribution is 0.404. The van der Waals surface area contributed by atoms with Crippen molar-refractivity contribution >= 4 is 5.65 Å². The second-order valence-corrected chi connectivity index (χ2v) is 5.09. The maximum atomic E-state index is 13.6. The Labute approximate surface area is 133 Å². The Balaban J connectivity index is 2.28. The van der Waals surface area contributed by atoms with Gasteiger partial charge in [-0.15, -0.1) is 0 Å². The number of methoxy groups -OCH3 is 2. The molecule has 0 saturated heterocycles. The van der Waals surface area contributed by atoms with Crippen molar-refractivity contribution < 1.29 is 13.9 Å². The van der Waals surface area contributed by atoms with Crippen LogP contribution in [0.2, 0.25) is 0 Å². The van der Waals surface area contributed by atoms with E-state index >= 15 is 0 Å². The van der Waals surface area contributed by atoms with Crippen LogP contribution in [0, 0.1) is 5.82 Å². The number of hydrogen-bond donors (Lipinski definition) is 1. The van der Waals surface area contributed by atoms with E-state index in [0.717, 1.165) is 17.0 Å². The molecule has 0 unspecified atom stereocenters. The SMILES string of the molecule is COc1ccc(OC)c(-c2nc3ccc(F)cn3c2CCN)c1. The minimum atomic E-state index is -0.322. The van der Waals surface area contributed by atoms with E-state index in [9.17, 15) is 4.39 Å². The van der Waals surface area contributed by atoms with Crippen LogP contribution < -0.4 is 15.2 Å². The molecule has 23 heavy (non-hydrogen) atoms. The third-order valence-corrected chi connectivity index (χ3v) is 3.72. The zero-order chi connectivity index (χ0) is 16.4. The van der Waals surface area contributed by atoms with Crippen molar-refractivity contribution in [2.24, 2.45) is 5.73 Å². The van der Waals surface area contributed by atoms with E-state index in [1.54, 1.807) is 24.7 Å². The summed E-state index contributed by atoms with van der Waals surface area (Å²) in [5, 5.41) is 0. The van der Waals surface area contributed by atoms with Crippen molar-refractivity contribution in [3.05, 3.63) is 48.0 Å². The van der Waals surface area contributed by atoms with Gasteiger partial charge in [0.1, 0.15) is 23.0 Å². The van der Waals surface area contributed by atoms with E-state index in [1.165, 1.54) is 12.3 Å². The van der Waals surface area contributed by atoms with Gasteiger partial charge in [0.2, 0.25) is 0 Å². The fraction of sp³-hybridized carbons (Fsp3) is 0.235. The highest BCUT2D eigenvalue weighted by Gasteiger charge is 2.18. The molecule has 0 aliphatic rings. The maximum Gasteiger partial charge on any atom is 0.139 e. The molecule has 0 radical (unpaired) electrons. The number of nitrogens with two attached hydrogens (primary N) is 1. The molecule has 2 aromatic heterocycles. The monoisotopic (exact) mass is 315 g/mol. The summed E-state index contributed by atoms with van der Waals surface area (Å²) in [5.41, 5.74) is 8.75. The maximum absolute atomic E-state index is 13.6. The van der Waals surface area contributed by atoms with Gasteiger partial charge < -0.3 is 19.6 Å². The van der Waals surface area contributed by atoms with E-state index in [4.69, 9.17) is 15.2 Å². The summed E-state index contributed by atoms with van der Waals surface area (Å²) >= 11 is 0. The first-order valence-corrected chi connectivity index (χ1v) is 7.27. The molecule has 6 heteroatoms. The predicted molar refractivity (Wildman–Crippen MR) is 86.4 cm³/mol. The van der Waals surface area contributed by atoms with Crippen molar-refractivity contribution in [1.29, 1.82) is 0 Å². The number of ether oxygens (including phenoxy) is 2. The van der Waals surface area contributed by atoms with Crippen LogP contribution in [0.5, 0.6) is 11.5 Å². The van der Waals surface area contributed by atoms with Crippen LogP contribution >= 0.6 is 0 Å². The van der Waals surface area contributed by atoms with E-state index in [0.29, 0.717) is 30.1 Å². The van der Waals surface area contributed by atoms with Crippen molar-refractivity contribution in [2.45, 2.75) is 6.42 Å². The molecule has 0 atom stereocenters. The summed E-state index contributed by atoms with van der Waals surface area (Å²) in [6.07, 6.45) is 1.99. The molecule has 0 aliphatic carbocycles. The molecule has 0 bridgehead atoms. The molecule has 0 spiro atoms. The van der Waals surface area contributed by atoms with E-state index in [2.05, 4.69) is 4.98 Å². The van der Waals surface area contributed by atoms with Gasteiger partial charge in [0.15, 0.2) is 0 Å². The first-order valence-electron chi connectivity index (χ1n) is 7.27. The van der Waals surface area contributed by atoms with Crippen LogP contribution in [-0.2, 0) is 6.42 Å². The van der Waals surface area contributed by atoms with Crippen LogP contribution in [0.15, 0.2) is 36.5 Å². The molecule has 0 saturated carbocycles. The molecule has 120 valence electrons. The molecule has 2 heterocycles. The Kier molecular flexibility index (Phi) is 4.16. The predicted octanol–water partition coefficient (Wildman–Crippen LogP) is 2.66. The number of benzene rings is 1. The molecular formula is C17H18FN3O2. The Bertz CT molecular complexity index is 845. The summed E-state index contributed by atoms with van der Waals surface area (Å²) < 4.78 is 26.1. The van der Waals surface area contributed by atoms with Gasteiger partial charge in [0, 0.05) is 18.2 Å². The molecule has 0 amide bonds. The minimum absolute atomic E-state index is 0.322. The molecule has 3 rings (SSSR count). The number of halogens is 1. The molecule has 0 fully saturated rings. The molecule has 0 aliphatic heterocycles. The Hall–Kier alpha value is -2.60. The first-order chi connectivity index (χ1) is 11.2. The lowest BCUT2D eigenvalue weighted by Crippen LogP contribution is -2.06. The van der Waals surface area contributed by atoms with Gasteiger partial charge in [0.05, 0.1) is 25.6 Å². The highest BCUT2D eigenvalue weighted by Crippen LogP contribution is 2.35. The average molecular weight is 315 g/mol. The summed E-state index contributed by atoms with van der Waals surface area (Å²) in [7, 11) is 3.20. The molecule has 3 aromatic rings. The van der Waals surface area contributed by atoms with Crippen LogP contribution in [0.25, 0.3) is 16.9 Å². The van der Waals surface area contributed by atoms with Gasteiger partial charge in [-0.25, -0.2) is 9.37 Å². The fourth-order valence-corrected chi connectivity index (χ4v) is 2.66. The van der Waals surface area contributed by atoms with Crippen molar-refractivity contribution in [2.75, 3.05) is 20.8 Å². The number of fused-ring (bicyclic) bond motifs is 1. The average Bonchev–Trinajstić information content (AvgIpc) is 2.92. The smallest absolute Gasteiger partial charge is 0.139 e. The van der Waals surface area contributed by atoms with Crippen molar-refractivity contribution in [3.8, 4) is 22.8 Å². The fourth-order valence-electron chi connectivity index (χ4n) is 2.66. The van der Waals surface area contributed by atoms with Gasteiger partial charge >= 0.3 is 0 Å². The summed E-state index contributed by atoms with van der Waals surface area (Å²) in [4.78, 5) is 4.63. The summed E-state index contributed by atoms with van der Waals surface area (Å²) in [6, 6.07) is 8.54.